The van der Waals surface area contributed by atoms with E-state index >= 15 is 0 Å². The van der Waals surface area contributed by atoms with Crippen LogP contribution in [0.5, 0.6) is 0 Å². The molecule has 8 heteroatoms. The summed E-state index contributed by atoms with van der Waals surface area (Å²) in [7, 11) is 0. The van der Waals surface area contributed by atoms with Crippen LogP contribution in [0, 0.1) is 11.3 Å². The second-order valence-electron chi connectivity index (χ2n) is 8.47. The third-order valence-electron chi connectivity index (χ3n) is 6.42. The number of aromatic amines is 1. The van der Waals surface area contributed by atoms with Gasteiger partial charge in [-0.15, -0.1) is 0 Å². The van der Waals surface area contributed by atoms with Crippen LogP contribution in [0.3, 0.4) is 0 Å². The summed E-state index contributed by atoms with van der Waals surface area (Å²) in [6, 6.07) is 3.90. The summed E-state index contributed by atoms with van der Waals surface area (Å²) in [5.74, 6) is 1.39. The maximum absolute atomic E-state index is 12.6. The Kier molecular flexibility index (Phi) is 6.31. The second-order valence-corrected chi connectivity index (χ2v) is 8.47. The number of nitriles is 1. The molecule has 3 N–H and O–H groups in total. The molecule has 8 nitrogen and oxygen atoms in total. The SMILES string of the molecule is N#Cc1cc(C2CCN(C(=O)CCCc3nc4c(c(=O)[nH]3)CCCC4)CC2)cnc1N. The van der Waals surface area contributed by atoms with E-state index in [0.29, 0.717) is 43.7 Å². The summed E-state index contributed by atoms with van der Waals surface area (Å²) in [5.41, 5.74) is 8.90. The first-order chi connectivity index (χ1) is 15.0. The first-order valence-electron chi connectivity index (χ1n) is 11.1. The molecule has 3 heterocycles. The molecule has 1 saturated heterocycles. The van der Waals surface area contributed by atoms with Gasteiger partial charge in [-0.05, 0) is 62.5 Å². The Hall–Kier alpha value is -3.21. The van der Waals surface area contributed by atoms with Crippen LogP contribution < -0.4 is 11.3 Å². The maximum atomic E-state index is 12.6. The molecule has 0 spiro atoms. The lowest BCUT2D eigenvalue weighted by molar-refractivity contribution is -0.132. The van der Waals surface area contributed by atoms with Gasteiger partial charge in [-0.1, -0.05) is 0 Å². The van der Waals surface area contributed by atoms with Crippen molar-refractivity contribution in [2.24, 2.45) is 0 Å². The van der Waals surface area contributed by atoms with Crippen molar-refractivity contribution < 1.29 is 4.79 Å². The summed E-state index contributed by atoms with van der Waals surface area (Å²) in [4.78, 5) is 38.4. The number of fused-ring (bicyclic) bond motifs is 1. The number of nitrogens with one attached hydrogen (secondary N) is 1. The van der Waals surface area contributed by atoms with Gasteiger partial charge in [-0.2, -0.15) is 5.26 Å². The van der Waals surface area contributed by atoms with Crippen LogP contribution in [0.4, 0.5) is 5.82 Å². The number of hydrogen-bond donors (Lipinski definition) is 2. The normalized spacial score (nSPS) is 16.5. The largest absolute Gasteiger partial charge is 0.383 e. The van der Waals surface area contributed by atoms with E-state index in [1.54, 1.807) is 6.20 Å². The Bertz CT molecular complexity index is 1060. The van der Waals surface area contributed by atoms with Gasteiger partial charge >= 0.3 is 0 Å². The first kappa shape index (κ1) is 21.0. The van der Waals surface area contributed by atoms with Crippen molar-refractivity contribution >= 4 is 11.7 Å². The van der Waals surface area contributed by atoms with Crippen LogP contribution in [0.1, 0.15) is 72.7 Å². The first-order valence-corrected chi connectivity index (χ1v) is 11.1. The van der Waals surface area contributed by atoms with Crippen molar-refractivity contribution in [1.29, 1.82) is 5.26 Å². The van der Waals surface area contributed by atoms with Crippen LogP contribution in [-0.4, -0.2) is 38.8 Å². The van der Waals surface area contributed by atoms with E-state index < -0.39 is 0 Å². The van der Waals surface area contributed by atoms with E-state index in [0.717, 1.165) is 55.3 Å². The van der Waals surface area contributed by atoms with Crippen LogP contribution >= 0.6 is 0 Å². The molecule has 0 saturated carbocycles. The Morgan fingerprint density at radius 1 is 1.29 bits per heavy atom. The summed E-state index contributed by atoms with van der Waals surface area (Å²) in [6.45, 7) is 1.40. The third-order valence-corrected chi connectivity index (χ3v) is 6.42. The van der Waals surface area contributed by atoms with Gasteiger partial charge in [-0.3, -0.25) is 9.59 Å². The number of amides is 1. The van der Waals surface area contributed by atoms with E-state index in [1.165, 1.54) is 0 Å². The number of aromatic nitrogens is 3. The zero-order chi connectivity index (χ0) is 21.8. The Labute approximate surface area is 181 Å². The minimum Gasteiger partial charge on any atom is -0.383 e. The maximum Gasteiger partial charge on any atom is 0.254 e. The highest BCUT2D eigenvalue weighted by molar-refractivity contribution is 5.76. The average Bonchev–Trinajstić information content (AvgIpc) is 2.79. The highest BCUT2D eigenvalue weighted by Gasteiger charge is 2.24. The van der Waals surface area contributed by atoms with Crippen LogP contribution in [0.15, 0.2) is 17.1 Å². The molecule has 1 aliphatic carbocycles. The molecule has 0 atom stereocenters. The molecule has 31 heavy (non-hydrogen) atoms. The molecule has 1 amide bonds. The van der Waals surface area contributed by atoms with Crippen LogP contribution in [-0.2, 0) is 24.1 Å². The van der Waals surface area contributed by atoms with Gasteiger partial charge in [-0.25, -0.2) is 9.97 Å². The van der Waals surface area contributed by atoms with Gasteiger partial charge in [0.2, 0.25) is 5.91 Å². The Balaban J connectivity index is 1.27. The van der Waals surface area contributed by atoms with Crippen LogP contribution in [0.25, 0.3) is 0 Å². The number of carbonyl (C=O) groups is 1. The fraction of sp³-hybridized carbons (Fsp3) is 0.522. The lowest BCUT2D eigenvalue weighted by atomic mass is 9.89. The van der Waals surface area contributed by atoms with E-state index in [1.807, 2.05) is 11.0 Å². The monoisotopic (exact) mass is 420 g/mol. The number of nitrogen functional groups attached to an aromatic ring is 1. The molecule has 2 aromatic heterocycles. The Morgan fingerprint density at radius 3 is 2.84 bits per heavy atom. The number of rotatable bonds is 5. The molecule has 1 aliphatic heterocycles. The summed E-state index contributed by atoms with van der Waals surface area (Å²) < 4.78 is 0. The number of piperidine rings is 1. The molecule has 162 valence electrons. The fourth-order valence-corrected chi connectivity index (χ4v) is 4.60. The van der Waals surface area contributed by atoms with Gasteiger partial charge in [0.25, 0.3) is 5.56 Å². The predicted molar refractivity (Wildman–Crippen MR) is 116 cm³/mol. The zero-order valence-electron chi connectivity index (χ0n) is 17.7. The van der Waals surface area contributed by atoms with Gasteiger partial charge in [0, 0.05) is 37.7 Å². The van der Waals surface area contributed by atoms with Gasteiger partial charge < -0.3 is 15.6 Å². The van der Waals surface area contributed by atoms with Crippen molar-refractivity contribution in [2.75, 3.05) is 18.8 Å². The fourth-order valence-electron chi connectivity index (χ4n) is 4.60. The van der Waals surface area contributed by atoms with Crippen molar-refractivity contribution in [3.05, 3.63) is 50.8 Å². The van der Waals surface area contributed by atoms with Crippen LogP contribution in [0.2, 0.25) is 0 Å². The van der Waals surface area contributed by atoms with Crippen molar-refractivity contribution in [1.82, 2.24) is 19.9 Å². The average molecular weight is 421 g/mol. The minimum absolute atomic E-state index is 0.00943. The molecular formula is C23H28N6O2. The van der Waals surface area contributed by atoms with Crippen molar-refractivity contribution in [3.8, 4) is 6.07 Å². The standard InChI is InChI=1S/C23H28N6O2/c24-13-16-12-17(14-26-22(16)25)15-8-10-29(11-9-15)21(30)7-3-6-20-27-19-5-2-1-4-18(19)23(31)28-20/h12,14-15H,1-11H2,(H2,25,26)(H,27,28,31). The second kappa shape index (κ2) is 9.29. The highest BCUT2D eigenvalue weighted by Crippen LogP contribution is 2.29. The number of nitrogens with two attached hydrogens (primary N) is 1. The van der Waals surface area contributed by atoms with Gasteiger partial charge in [0.1, 0.15) is 17.7 Å². The molecule has 1 fully saturated rings. The number of aryl methyl sites for hydroxylation is 2. The van der Waals surface area contributed by atoms with Gasteiger partial charge in [0.15, 0.2) is 0 Å². The topological polar surface area (TPSA) is 129 Å². The number of H-pyrrole nitrogens is 1. The Morgan fingerprint density at radius 2 is 2.06 bits per heavy atom. The molecule has 0 unspecified atom stereocenters. The third kappa shape index (κ3) is 4.76. The minimum atomic E-state index is -0.00943. The van der Waals surface area contributed by atoms with Gasteiger partial charge in [0.05, 0.1) is 11.3 Å². The summed E-state index contributed by atoms with van der Waals surface area (Å²) in [5, 5.41) is 9.15. The molecular weight excluding hydrogens is 392 g/mol. The zero-order valence-corrected chi connectivity index (χ0v) is 17.7. The number of pyridine rings is 1. The number of carbonyl (C=O) groups excluding carboxylic acids is 1. The molecule has 0 aromatic carbocycles. The molecule has 2 aliphatic rings. The molecule has 2 aromatic rings. The quantitative estimate of drug-likeness (QED) is 0.763. The van der Waals surface area contributed by atoms with E-state index in [-0.39, 0.29) is 23.2 Å². The predicted octanol–water partition coefficient (Wildman–Crippen LogP) is 2.23. The van der Waals surface area contributed by atoms with Crippen molar-refractivity contribution in [3.63, 3.8) is 0 Å². The highest BCUT2D eigenvalue weighted by atomic mass is 16.2. The lowest BCUT2D eigenvalue weighted by Gasteiger charge is -2.32. The van der Waals surface area contributed by atoms with E-state index in [9.17, 15) is 9.59 Å². The summed E-state index contributed by atoms with van der Waals surface area (Å²) in [6.07, 6.45) is 9.00. The number of hydrogen-bond acceptors (Lipinski definition) is 6. The number of likely N-dealkylation sites (tertiary alicyclic amines) is 1. The smallest absolute Gasteiger partial charge is 0.254 e. The molecule has 0 radical (unpaired) electrons. The van der Waals surface area contributed by atoms with Crippen molar-refractivity contribution in [2.45, 2.75) is 63.7 Å². The molecule has 0 bridgehead atoms. The van der Waals surface area contributed by atoms with E-state index in [4.69, 9.17) is 11.0 Å². The molecule has 4 rings (SSSR count). The number of anilines is 1. The van der Waals surface area contributed by atoms with E-state index in [2.05, 4.69) is 21.0 Å². The summed E-state index contributed by atoms with van der Waals surface area (Å²) >= 11 is 0. The number of nitrogens with zero attached hydrogens (tertiary/aromatic N) is 4. The lowest BCUT2D eigenvalue weighted by Crippen LogP contribution is -2.37.